The van der Waals surface area contributed by atoms with E-state index in [1.807, 2.05) is 37.3 Å². The van der Waals surface area contributed by atoms with Gasteiger partial charge in [-0.3, -0.25) is 0 Å². The Hall–Kier alpha value is -2.26. The number of rotatable bonds is 2. The molecule has 3 aromatic rings. The zero-order valence-corrected chi connectivity index (χ0v) is 11.7. The lowest BCUT2D eigenvalue weighted by Crippen LogP contribution is -2.06. The first-order valence-corrected chi connectivity index (χ1v) is 6.73. The number of hydrogen-bond donors (Lipinski definition) is 1. The zero-order chi connectivity index (χ0) is 14.1. The van der Waals surface area contributed by atoms with Crippen molar-refractivity contribution in [1.82, 2.24) is 9.97 Å². The summed E-state index contributed by atoms with van der Waals surface area (Å²) in [7, 11) is 0. The number of nitrogens with two attached hydrogens (primary N) is 1. The molecule has 0 radical (unpaired) electrons. The molecule has 0 atom stereocenters. The summed E-state index contributed by atoms with van der Waals surface area (Å²) in [6, 6.07) is 14.3. The normalized spacial score (nSPS) is 10.9. The Morgan fingerprint density at radius 2 is 1.65 bits per heavy atom. The third kappa shape index (κ3) is 2.06. The van der Waals surface area contributed by atoms with E-state index < -0.39 is 0 Å². The quantitative estimate of drug-likeness (QED) is 0.771. The fourth-order valence-corrected chi connectivity index (χ4v) is 2.45. The van der Waals surface area contributed by atoms with E-state index in [1.165, 1.54) is 5.56 Å². The van der Waals surface area contributed by atoms with E-state index in [4.69, 9.17) is 15.7 Å². The first-order valence-electron chi connectivity index (χ1n) is 6.73. The molecule has 0 bridgehead atoms. The highest BCUT2D eigenvalue weighted by Crippen LogP contribution is 2.26. The monoisotopic (exact) mass is 263 g/mol. The molecule has 20 heavy (non-hydrogen) atoms. The maximum Gasteiger partial charge on any atom is 0.0941 e. The minimum Gasteiger partial charge on any atom is -0.325 e. The fraction of sp³-hybridized carbons (Fsp3) is 0.176. The Labute approximate surface area is 118 Å². The van der Waals surface area contributed by atoms with Crippen molar-refractivity contribution in [1.29, 1.82) is 0 Å². The molecular weight excluding hydrogens is 246 g/mol. The van der Waals surface area contributed by atoms with E-state index in [9.17, 15) is 0 Å². The van der Waals surface area contributed by atoms with Crippen LogP contribution in [0.25, 0.3) is 22.3 Å². The van der Waals surface area contributed by atoms with Gasteiger partial charge in [0.2, 0.25) is 0 Å². The molecule has 3 rings (SSSR count). The van der Waals surface area contributed by atoms with Gasteiger partial charge < -0.3 is 5.73 Å². The molecule has 3 heteroatoms. The van der Waals surface area contributed by atoms with Crippen molar-refractivity contribution in [2.45, 2.75) is 20.4 Å². The van der Waals surface area contributed by atoms with Crippen LogP contribution in [0.2, 0.25) is 0 Å². The topological polar surface area (TPSA) is 51.8 Å². The summed E-state index contributed by atoms with van der Waals surface area (Å²) in [4.78, 5) is 9.52. The summed E-state index contributed by atoms with van der Waals surface area (Å²) in [6.07, 6.45) is 0. The highest BCUT2D eigenvalue weighted by molar-refractivity contribution is 5.81. The molecule has 2 aromatic carbocycles. The van der Waals surface area contributed by atoms with Crippen LogP contribution < -0.4 is 5.73 Å². The van der Waals surface area contributed by atoms with Crippen molar-refractivity contribution >= 4 is 11.0 Å². The van der Waals surface area contributed by atoms with Gasteiger partial charge in [-0.2, -0.15) is 0 Å². The second kappa shape index (κ2) is 5.02. The average molecular weight is 263 g/mol. The SMILES string of the molecule is Cc1ccccc1-c1nc2cccc(C)c2nc1CN. The number of nitrogens with zero attached hydrogens (tertiary/aromatic N) is 2. The van der Waals surface area contributed by atoms with Crippen molar-refractivity contribution in [2.24, 2.45) is 5.73 Å². The van der Waals surface area contributed by atoms with E-state index in [1.54, 1.807) is 0 Å². The van der Waals surface area contributed by atoms with Gasteiger partial charge in [-0.05, 0) is 31.0 Å². The summed E-state index contributed by atoms with van der Waals surface area (Å²) in [6.45, 7) is 4.52. The Kier molecular flexibility index (Phi) is 3.20. The molecule has 1 heterocycles. The Morgan fingerprint density at radius 1 is 0.900 bits per heavy atom. The first kappa shape index (κ1) is 12.8. The van der Waals surface area contributed by atoms with Crippen LogP contribution in [-0.4, -0.2) is 9.97 Å². The molecule has 0 aliphatic carbocycles. The van der Waals surface area contributed by atoms with Gasteiger partial charge in [0.25, 0.3) is 0 Å². The van der Waals surface area contributed by atoms with Crippen molar-refractivity contribution in [3.05, 3.63) is 59.3 Å². The molecule has 0 fully saturated rings. The minimum absolute atomic E-state index is 0.390. The number of hydrogen-bond acceptors (Lipinski definition) is 3. The summed E-state index contributed by atoms with van der Waals surface area (Å²) in [5, 5.41) is 0. The standard InChI is InChI=1S/C17H17N3/c1-11-6-3-4-8-13(11)17-15(10-18)20-16-12(2)7-5-9-14(16)19-17/h3-9H,10,18H2,1-2H3. The summed E-state index contributed by atoms with van der Waals surface area (Å²) >= 11 is 0. The number of aromatic nitrogens is 2. The Balaban J connectivity index is 2.33. The number of fused-ring (bicyclic) bond motifs is 1. The van der Waals surface area contributed by atoms with Gasteiger partial charge in [0, 0.05) is 12.1 Å². The molecule has 1 aromatic heterocycles. The summed E-state index contributed by atoms with van der Waals surface area (Å²) in [5.41, 5.74) is 12.9. The molecule has 0 saturated carbocycles. The van der Waals surface area contributed by atoms with Crippen LogP contribution in [0.5, 0.6) is 0 Å². The van der Waals surface area contributed by atoms with Gasteiger partial charge in [0.05, 0.1) is 22.4 Å². The molecule has 0 amide bonds. The number of benzene rings is 2. The highest BCUT2D eigenvalue weighted by Gasteiger charge is 2.12. The molecule has 0 saturated heterocycles. The van der Waals surface area contributed by atoms with Crippen LogP contribution in [-0.2, 0) is 6.54 Å². The molecule has 0 spiro atoms. The van der Waals surface area contributed by atoms with E-state index >= 15 is 0 Å². The first-order chi connectivity index (χ1) is 9.70. The van der Waals surface area contributed by atoms with Crippen molar-refractivity contribution < 1.29 is 0 Å². The predicted octanol–water partition coefficient (Wildman–Crippen LogP) is 3.37. The number of aryl methyl sites for hydroxylation is 2. The second-order valence-corrected chi connectivity index (χ2v) is 4.98. The van der Waals surface area contributed by atoms with Crippen LogP contribution in [0.15, 0.2) is 42.5 Å². The number of para-hydroxylation sites is 1. The van der Waals surface area contributed by atoms with E-state index in [2.05, 4.69) is 19.1 Å². The Bertz CT molecular complexity index is 778. The molecule has 2 N–H and O–H groups in total. The lowest BCUT2D eigenvalue weighted by atomic mass is 10.0. The zero-order valence-electron chi connectivity index (χ0n) is 11.7. The van der Waals surface area contributed by atoms with Crippen LogP contribution >= 0.6 is 0 Å². The maximum atomic E-state index is 5.88. The molecular formula is C17H17N3. The van der Waals surface area contributed by atoms with Crippen molar-refractivity contribution in [2.75, 3.05) is 0 Å². The van der Waals surface area contributed by atoms with Gasteiger partial charge >= 0.3 is 0 Å². The van der Waals surface area contributed by atoms with Crippen LogP contribution in [0.4, 0.5) is 0 Å². The van der Waals surface area contributed by atoms with Gasteiger partial charge in [0.15, 0.2) is 0 Å². The van der Waals surface area contributed by atoms with Crippen LogP contribution in [0, 0.1) is 13.8 Å². The third-order valence-corrected chi connectivity index (χ3v) is 3.56. The molecule has 0 aliphatic rings. The van der Waals surface area contributed by atoms with Gasteiger partial charge in [-0.15, -0.1) is 0 Å². The average Bonchev–Trinajstić information content (AvgIpc) is 2.47. The minimum atomic E-state index is 0.390. The van der Waals surface area contributed by atoms with Crippen LogP contribution in [0.3, 0.4) is 0 Å². The largest absolute Gasteiger partial charge is 0.325 e. The highest BCUT2D eigenvalue weighted by atomic mass is 14.8. The van der Waals surface area contributed by atoms with Crippen molar-refractivity contribution in [3.8, 4) is 11.3 Å². The third-order valence-electron chi connectivity index (χ3n) is 3.56. The molecule has 100 valence electrons. The lowest BCUT2D eigenvalue weighted by Gasteiger charge is -2.11. The van der Waals surface area contributed by atoms with Gasteiger partial charge in [-0.1, -0.05) is 36.4 Å². The summed E-state index contributed by atoms with van der Waals surface area (Å²) in [5.74, 6) is 0. The fourth-order valence-electron chi connectivity index (χ4n) is 2.45. The molecule has 0 unspecified atom stereocenters. The maximum absolute atomic E-state index is 5.88. The van der Waals surface area contributed by atoms with E-state index in [-0.39, 0.29) is 0 Å². The lowest BCUT2D eigenvalue weighted by molar-refractivity contribution is 0.989. The van der Waals surface area contributed by atoms with Crippen LogP contribution in [0.1, 0.15) is 16.8 Å². The molecule has 3 nitrogen and oxygen atoms in total. The molecule has 0 aliphatic heterocycles. The summed E-state index contributed by atoms with van der Waals surface area (Å²) < 4.78 is 0. The second-order valence-electron chi connectivity index (χ2n) is 4.98. The van der Waals surface area contributed by atoms with Crippen molar-refractivity contribution in [3.63, 3.8) is 0 Å². The van der Waals surface area contributed by atoms with Gasteiger partial charge in [0.1, 0.15) is 0 Å². The van der Waals surface area contributed by atoms with Gasteiger partial charge in [-0.25, -0.2) is 9.97 Å². The van der Waals surface area contributed by atoms with E-state index in [0.717, 1.165) is 33.5 Å². The smallest absolute Gasteiger partial charge is 0.0941 e. The van der Waals surface area contributed by atoms with E-state index in [0.29, 0.717) is 6.54 Å². The predicted molar refractivity (Wildman–Crippen MR) is 82.3 cm³/mol. The Morgan fingerprint density at radius 3 is 2.40 bits per heavy atom.